The summed E-state index contributed by atoms with van der Waals surface area (Å²) >= 11 is 0. The normalized spacial score (nSPS) is 18.1. The van der Waals surface area contributed by atoms with Crippen molar-refractivity contribution in [3.05, 3.63) is 107 Å². The molecule has 5 atom stereocenters. The zero-order valence-electron chi connectivity index (χ0n) is 45.3. The van der Waals surface area contributed by atoms with Crippen LogP contribution >= 0.6 is 0 Å². The van der Waals surface area contributed by atoms with Crippen molar-refractivity contribution in [2.45, 2.75) is 125 Å². The topological polar surface area (TPSA) is 222 Å². The number of morpholine rings is 1. The van der Waals surface area contributed by atoms with E-state index in [2.05, 4.69) is 10.6 Å². The predicted molar refractivity (Wildman–Crippen MR) is 284 cm³/mol. The highest BCUT2D eigenvalue weighted by molar-refractivity contribution is 5.98. The molecule has 0 spiro atoms. The van der Waals surface area contributed by atoms with E-state index in [1.165, 1.54) is 11.2 Å². The van der Waals surface area contributed by atoms with Gasteiger partial charge in [0.1, 0.15) is 38.4 Å². The van der Waals surface area contributed by atoms with Crippen molar-refractivity contribution in [3.63, 3.8) is 0 Å². The van der Waals surface area contributed by atoms with E-state index in [4.69, 9.17) is 30.5 Å². The molecule has 2 fully saturated rings. The van der Waals surface area contributed by atoms with Gasteiger partial charge in [-0.1, -0.05) is 88.4 Å². The van der Waals surface area contributed by atoms with E-state index in [-0.39, 0.29) is 67.3 Å². The van der Waals surface area contributed by atoms with E-state index < -0.39 is 52.7 Å². The molecule has 16 heteroatoms. The Balaban J connectivity index is 1.38. The van der Waals surface area contributed by atoms with Crippen LogP contribution in [0.5, 0.6) is 11.5 Å². The summed E-state index contributed by atoms with van der Waals surface area (Å²) in [7, 11) is 1.63. The lowest BCUT2D eigenvalue weighted by molar-refractivity contribution is -0.940. The number of carbonyl (C=O) groups is 6. The number of nitrogens with two attached hydrogens (primary N) is 2. The van der Waals surface area contributed by atoms with Gasteiger partial charge in [-0.2, -0.15) is 0 Å². The monoisotopic (exact) mass is 1020 g/mol. The molecule has 5 rings (SSSR count). The standard InChI is InChI=1S/C58H82N6O10/c1-39(2)28-48(50(66)33-45(30-42-18-14-11-15-19-42)55(69)62-49(29-40(3)4)53(67)58(8)38-73-58)61-54(68)44(22-20-41-16-12-10-13-17-41)32-47(65)36-64(24-26-71-27-25-64)35-43-21-23-51(74-56(70)57(5,6)7)52(31-43)72-37-46(59)34-63(9)60/h10-19,21,23,31,34,39-40,44-45,48-49H,20,22,24-30,32-33,35-38,59-60H2,1-9H3,(H-,61,62,68,69)/p+1/b46-34-/t44-,45-,48+,49+,58-/m1/s1. The molecule has 404 valence electrons. The third-order valence-corrected chi connectivity index (χ3v) is 13.5. The maximum atomic E-state index is 14.7. The van der Waals surface area contributed by atoms with Crippen LogP contribution in [0.4, 0.5) is 0 Å². The summed E-state index contributed by atoms with van der Waals surface area (Å²) in [4.78, 5) is 84.9. The highest BCUT2D eigenvalue weighted by Gasteiger charge is 2.50. The molecule has 0 radical (unpaired) electrons. The van der Waals surface area contributed by atoms with E-state index in [0.717, 1.165) is 16.7 Å². The van der Waals surface area contributed by atoms with Gasteiger partial charge in [0.05, 0.1) is 43.0 Å². The molecule has 0 unspecified atom stereocenters. The van der Waals surface area contributed by atoms with Crippen molar-refractivity contribution < 1.29 is 52.2 Å². The summed E-state index contributed by atoms with van der Waals surface area (Å²) < 4.78 is 23.6. The predicted octanol–water partition coefficient (Wildman–Crippen LogP) is 6.42. The van der Waals surface area contributed by atoms with Gasteiger partial charge < -0.3 is 44.8 Å². The fourth-order valence-electron chi connectivity index (χ4n) is 9.26. The largest absolute Gasteiger partial charge is 0.483 e. The molecule has 16 nitrogen and oxygen atoms in total. The first-order valence-corrected chi connectivity index (χ1v) is 26.2. The molecular weight excluding hydrogens is 941 g/mol. The molecule has 2 amide bonds. The molecule has 0 saturated carbocycles. The van der Waals surface area contributed by atoms with Gasteiger partial charge in [-0.15, -0.1) is 0 Å². The van der Waals surface area contributed by atoms with Gasteiger partial charge in [0.25, 0.3) is 0 Å². The molecule has 2 heterocycles. The number of quaternary nitrogens is 1. The number of amides is 2. The molecule has 74 heavy (non-hydrogen) atoms. The number of aryl methyl sites for hydroxylation is 1. The number of nitrogens with zero attached hydrogens (tertiary/aromatic N) is 2. The Labute approximate surface area is 438 Å². The minimum atomic E-state index is -0.944. The third-order valence-electron chi connectivity index (χ3n) is 13.5. The number of benzene rings is 3. The van der Waals surface area contributed by atoms with E-state index in [1.807, 2.05) is 94.4 Å². The molecule has 2 saturated heterocycles. The molecule has 0 aromatic heterocycles. The SMILES string of the molecule is CC(C)C[C@H](NC(=O)[C@H](CCc1ccccc1)CC(=O)C[N+]1(Cc2ccc(OC(=O)C(C)(C)C)c(OC/C(N)=C/N(C)N)c2)CCOCC1)C(=O)C[C@@H](Cc1ccccc1)C(=O)N[C@@H](CC(C)C)C(=O)[C@@]1(C)CO1. The van der Waals surface area contributed by atoms with Crippen molar-refractivity contribution in [3.8, 4) is 11.5 Å². The summed E-state index contributed by atoms with van der Waals surface area (Å²) in [5.74, 6) is 2.94. The first-order chi connectivity index (χ1) is 34.9. The minimum Gasteiger partial charge on any atom is -0.483 e. The second-order valence-electron chi connectivity index (χ2n) is 22.6. The number of ether oxygens (including phenoxy) is 4. The van der Waals surface area contributed by atoms with Gasteiger partial charge in [-0.3, -0.25) is 28.8 Å². The van der Waals surface area contributed by atoms with Crippen LogP contribution in [0.1, 0.15) is 104 Å². The van der Waals surface area contributed by atoms with Crippen LogP contribution in [0.25, 0.3) is 0 Å². The number of esters is 1. The lowest BCUT2D eigenvalue weighted by Gasteiger charge is -2.41. The second-order valence-corrected chi connectivity index (χ2v) is 22.6. The Kier molecular flexibility index (Phi) is 21.5. The molecule has 3 aromatic rings. The third kappa shape index (κ3) is 18.8. The molecule has 2 aliphatic rings. The fourth-order valence-corrected chi connectivity index (χ4v) is 9.26. The van der Waals surface area contributed by atoms with Crippen LogP contribution in [-0.2, 0) is 57.6 Å². The fraction of sp³-hybridized carbons (Fsp3) is 0.552. The summed E-state index contributed by atoms with van der Waals surface area (Å²) in [5.41, 5.74) is 7.48. The van der Waals surface area contributed by atoms with Gasteiger partial charge in [-0.05, 0) is 101 Å². The van der Waals surface area contributed by atoms with Crippen molar-refractivity contribution in [2.75, 3.05) is 53.1 Å². The number of hydrogen-bond acceptors (Lipinski definition) is 13. The number of rotatable bonds is 29. The average molecular weight is 1020 g/mol. The second kappa shape index (κ2) is 27.0. The zero-order chi connectivity index (χ0) is 54.2. The maximum Gasteiger partial charge on any atom is 0.316 e. The van der Waals surface area contributed by atoms with Gasteiger partial charge in [0.2, 0.25) is 11.8 Å². The summed E-state index contributed by atoms with van der Waals surface area (Å²) in [6.07, 6.45) is 3.15. The Morgan fingerprint density at radius 1 is 0.797 bits per heavy atom. The number of Topliss-reactive ketones (excluding diaryl/α,β-unsaturated/α-hetero) is 3. The Hall–Kier alpha value is -5.94. The quantitative estimate of drug-likeness (QED) is 0.0148. The van der Waals surface area contributed by atoms with Gasteiger partial charge >= 0.3 is 5.97 Å². The molecule has 0 aliphatic carbocycles. The number of ketones is 3. The lowest BCUT2D eigenvalue weighted by atomic mass is 9.87. The number of nitrogens with one attached hydrogen (secondary N) is 2. The van der Waals surface area contributed by atoms with Crippen molar-refractivity contribution >= 4 is 35.1 Å². The highest BCUT2D eigenvalue weighted by Crippen LogP contribution is 2.34. The Morgan fingerprint density at radius 3 is 1.96 bits per heavy atom. The van der Waals surface area contributed by atoms with E-state index >= 15 is 0 Å². The number of epoxide rings is 1. The summed E-state index contributed by atoms with van der Waals surface area (Å²) in [6, 6.07) is 22.8. The molecule has 0 bridgehead atoms. The van der Waals surface area contributed by atoms with Gasteiger partial charge in [-0.25, -0.2) is 5.84 Å². The smallest absolute Gasteiger partial charge is 0.316 e. The van der Waals surface area contributed by atoms with Crippen LogP contribution < -0.4 is 31.7 Å². The van der Waals surface area contributed by atoms with Crippen LogP contribution in [0.2, 0.25) is 0 Å². The highest BCUT2D eigenvalue weighted by atomic mass is 16.6. The van der Waals surface area contributed by atoms with E-state index in [9.17, 15) is 28.8 Å². The van der Waals surface area contributed by atoms with E-state index in [0.29, 0.717) is 81.1 Å². The Bertz CT molecular complexity index is 2390. The van der Waals surface area contributed by atoms with Crippen LogP contribution in [0, 0.1) is 29.1 Å². The van der Waals surface area contributed by atoms with Crippen molar-refractivity contribution in [1.29, 1.82) is 0 Å². The first kappa shape index (κ1) is 58.9. The lowest BCUT2D eigenvalue weighted by Crippen LogP contribution is -2.57. The average Bonchev–Trinajstić information content (AvgIpc) is 4.09. The summed E-state index contributed by atoms with van der Waals surface area (Å²) in [5, 5.41) is 7.41. The van der Waals surface area contributed by atoms with Crippen molar-refractivity contribution in [2.24, 2.45) is 40.7 Å². The van der Waals surface area contributed by atoms with Crippen LogP contribution in [0.15, 0.2) is 90.8 Å². The molecular formula is C58H83N6O10+. The van der Waals surface area contributed by atoms with Crippen LogP contribution in [-0.4, -0.2) is 115 Å². The van der Waals surface area contributed by atoms with Gasteiger partial charge in [0.15, 0.2) is 28.8 Å². The minimum absolute atomic E-state index is 0.0000432. The molecule has 3 aromatic carbocycles. The molecule has 6 N–H and O–H groups in total. The maximum absolute atomic E-state index is 14.7. The van der Waals surface area contributed by atoms with E-state index in [1.54, 1.807) is 46.9 Å². The number of hydrogen-bond donors (Lipinski definition) is 4. The molecule has 2 aliphatic heterocycles. The van der Waals surface area contributed by atoms with Crippen LogP contribution in [0.3, 0.4) is 0 Å². The van der Waals surface area contributed by atoms with Gasteiger partial charge in [0, 0.05) is 43.5 Å². The summed E-state index contributed by atoms with van der Waals surface area (Å²) in [6.45, 7) is 17.6. The number of carbonyl (C=O) groups excluding carboxylic acids is 6. The number of hydrazine groups is 1. The Morgan fingerprint density at radius 2 is 1.38 bits per heavy atom. The first-order valence-electron chi connectivity index (χ1n) is 26.2. The van der Waals surface area contributed by atoms with Crippen molar-refractivity contribution in [1.82, 2.24) is 15.6 Å². The zero-order valence-corrected chi connectivity index (χ0v) is 45.3.